The van der Waals surface area contributed by atoms with Crippen LogP contribution in [-0.2, 0) is 19.3 Å². The Hall–Kier alpha value is -1.67. The standard InChI is InChI=1S/C18H20N2/c19-18(10-9-13-4-1-2-5-15(13)12-18)16-8-7-14-6-3-11-20-17(14)16/h1-6,11,16H,7-10,12,19H2. The molecule has 102 valence electrons. The maximum Gasteiger partial charge on any atom is 0.0485 e. The molecule has 0 saturated carbocycles. The van der Waals surface area contributed by atoms with Crippen LogP contribution in [0.4, 0.5) is 0 Å². The lowest BCUT2D eigenvalue weighted by molar-refractivity contribution is 0.298. The normalized spacial score (nSPS) is 27.9. The molecule has 2 aromatic rings. The number of hydrogen-bond donors (Lipinski definition) is 1. The summed E-state index contributed by atoms with van der Waals surface area (Å²) >= 11 is 0. The van der Waals surface area contributed by atoms with Gasteiger partial charge in [-0.2, -0.15) is 0 Å². The molecule has 0 saturated heterocycles. The highest BCUT2D eigenvalue weighted by Gasteiger charge is 2.42. The van der Waals surface area contributed by atoms with Crippen LogP contribution in [0.2, 0.25) is 0 Å². The van der Waals surface area contributed by atoms with Crippen LogP contribution in [0.1, 0.15) is 41.1 Å². The number of fused-ring (bicyclic) bond motifs is 2. The number of pyridine rings is 1. The largest absolute Gasteiger partial charge is 0.324 e. The minimum absolute atomic E-state index is 0.117. The molecule has 2 unspecified atom stereocenters. The molecule has 1 aromatic heterocycles. The SMILES string of the molecule is NC1(C2CCc3cccnc32)CCc2ccccc2C1. The van der Waals surface area contributed by atoms with Gasteiger partial charge in [0, 0.05) is 23.3 Å². The fourth-order valence-electron chi connectivity index (χ4n) is 4.05. The molecule has 0 bridgehead atoms. The lowest BCUT2D eigenvalue weighted by Gasteiger charge is -2.39. The molecule has 4 rings (SSSR count). The molecule has 1 heterocycles. The van der Waals surface area contributed by atoms with Crippen LogP contribution in [0, 0.1) is 0 Å². The first-order valence-corrected chi connectivity index (χ1v) is 7.56. The summed E-state index contributed by atoms with van der Waals surface area (Å²) < 4.78 is 0. The van der Waals surface area contributed by atoms with Crippen LogP contribution in [0.15, 0.2) is 42.6 Å². The van der Waals surface area contributed by atoms with Crippen molar-refractivity contribution in [3.8, 4) is 0 Å². The van der Waals surface area contributed by atoms with Gasteiger partial charge in [0.05, 0.1) is 0 Å². The van der Waals surface area contributed by atoms with Crippen molar-refractivity contribution < 1.29 is 0 Å². The molecular weight excluding hydrogens is 244 g/mol. The molecule has 2 aliphatic rings. The first-order chi connectivity index (χ1) is 9.76. The summed E-state index contributed by atoms with van der Waals surface area (Å²) in [7, 11) is 0. The van der Waals surface area contributed by atoms with Crippen molar-refractivity contribution in [2.24, 2.45) is 5.73 Å². The van der Waals surface area contributed by atoms with Crippen LogP contribution in [0.3, 0.4) is 0 Å². The van der Waals surface area contributed by atoms with E-state index in [9.17, 15) is 0 Å². The lowest BCUT2D eigenvalue weighted by Crippen LogP contribution is -2.49. The van der Waals surface area contributed by atoms with Crippen molar-refractivity contribution in [2.45, 2.75) is 43.6 Å². The maximum atomic E-state index is 6.85. The zero-order valence-electron chi connectivity index (χ0n) is 11.7. The van der Waals surface area contributed by atoms with Crippen LogP contribution in [-0.4, -0.2) is 10.5 Å². The Labute approximate surface area is 120 Å². The van der Waals surface area contributed by atoms with Crippen LogP contribution >= 0.6 is 0 Å². The fraction of sp³-hybridized carbons (Fsp3) is 0.389. The molecule has 2 atom stereocenters. The van der Waals surface area contributed by atoms with E-state index in [-0.39, 0.29) is 5.54 Å². The van der Waals surface area contributed by atoms with Gasteiger partial charge in [-0.1, -0.05) is 30.3 Å². The summed E-state index contributed by atoms with van der Waals surface area (Å²) in [5.74, 6) is 0.423. The number of aromatic nitrogens is 1. The van der Waals surface area contributed by atoms with Crippen LogP contribution in [0.5, 0.6) is 0 Å². The quantitative estimate of drug-likeness (QED) is 0.860. The van der Waals surface area contributed by atoms with Crippen LogP contribution < -0.4 is 5.73 Å². The van der Waals surface area contributed by atoms with Crippen LogP contribution in [0.25, 0.3) is 0 Å². The van der Waals surface area contributed by atoms with Crippen molar-refractivity contribution in [3.05, 3.63) is 65.0 Å². The first-order valence-electron chi connectivity index (χ1n) is 7.56. The number of rotatable bonds is 1. The molecule has 0 amide bonds. The van der Waals surface area contributed by atoms with Crippen molar-refractivity contribution >= 4 is 0 Å². The van der Waals surface area contributed by atoms with Gasteiger partial charge < -0.3 is 5.73 Å². The third kappa shape index (κ3) is 1.79. The second-order valence-corrected chi connectivity index (χ2v) is 6.32. The van der Waals surface area contributed by atoms with E-state index in [1.54, 1.807) is 0 Å². The number of aryl methyl sites for hydroxylation is 2. The molecule has 2 nitrogen and oxygen atoms in total. The van der Waals surface area contributed by atoms with Gasteiger partial charge in [0.15, 0.2) is 0 Å². The number of hydrogen-bond acceptors (Lipinski definition) is 2. The predicted molar refractivity (Wildman–Crippen MR) is 80.7 cm³/mol. The van der Waals surface area contributed by atoms with Crippen molar-refractivity contribution in [1.29, 1.82) is 0 Å². The Morgan fingerprint density at radius 3 is 2.70 bits per heavy atom. The van der Waals surface area contributed by atoms with Gasteiger partial charge in [0.2, 0.25) is 0 Å². The van der Waals surface area contributed by atoms with Gasteiger partial charge in [-0.3, -0.25) is 4.98 Å². The topological polar surface area (TPSA) is 38.9 Å². The highest BCUT2D eigenvalue weighted by molar-refractivity contribution is 5.37. The molecule has 1 aromatic carbocycles. The zero-order chi connectivity index (χ0) is 13.6. The second-order valence-electron chi connectivity index (χ2n) is 6.32. The van der Waals surface area contributed by atoms with Crippen molar-refractivity contribution in [3.63, 3.8) is 0 Å². The summed E-state index contributed by atoms with van der Waals surface area (Å²) in [5, 5.41) is 0. The van der Waals surface area contributed by atoms with E-state index < -0.39 is 0 Å². The molecule has 0 aliphatic heterocycles. The lowest BCUT2D eigenvalue weighted by atomic mass is 9.70. The average Bonchev–Trinajstić information content (AvgIpc) is 2.92. The molecular formula is C18H20N2. The molecule has 0 spiro atoms. The summed E-state index contributed by atoms with van der Waals surface area (Å²) in [4.78, 5) is 4.64. The number of nitrogens with zero attached hydrogens (tertiary/aromatic N) is 1. The van der Waals surface area contributed by atoms with E-state index in [2.05, 4.69) is 35.3 Å². The first kappa shape index (κ1) is 12.1. The Balaban J connectivity index is 1.70. The minimum Gasteiger partial charge on any atom is -0.324 e. The Bertz CT molecular complexity index is 649. The average molecular weight is 264 g/mol. The van der Waals surface area contributed by atoms with E-state index >= 15 is 0 Å². The van der Waals surface area contributed by atoms with Gasteiger partial charge in [0.1, 0.15) is 0 Å². The Kier molecular flexibility index (Phi) is 2.67. The fourth-order valence-corrected chi connectivity index (χ4v) is 4.05. The number of benzene rings is 1. The van der Waals surface area contributed by atoms with E-state index in [0.29, 0.717) is 5.92 Å². The maximum absolute atomic E-state index is 6.85. The van der Waals surface area contributed by atoms with Crippen molar-refractivity contribution in [1.82, 2.24) is 4.98 Å². The Morgan fingerprint density at radius 1 is 1.00 bits per heavy atom. The monoisotopic (exact) mass is 264 g/mol. The highest BCUT2D eigenvalue weighted by Crippen LogP contribution is 2.43. The Morgan fingerprint density at radius 2 is 1.80 bits per heavy atom. The summed E-state index contributed by atoms with van der Waals surface area (Å²) in [6, 6.07) is 13.0. The van der Waals surface area contributed by atoms with Gasteiger partial charge in [-0.15, -0.1) is 0 Å². The van der Waals surface area contributed by atoms with Gasteiger partial charge in [0.25, 0.3) is 0 Å². The summed E-state index contributed by atoms with van der Waals surface area (Å²) in [6.45, 7) is 0. The van der Waals surface area contributed by atoms with E-state index in [4.69, 9.17) is 5.73 Å². The molecule has 2 N–H and O–H groups in total. The third-order valence-corrected chi connectivity index (χ3v) is 5.15. The van der Waals surface area contributed by atoms with Crippen molar-refractivity contribution in [2.75, 3.05) is 0 Å². The molecule has 20 heavy (non-hydrogen) atoms. The van der Waals surface area contributed by atoms with Gasteiger partial charge >= 0.3 is 0 Å². The zero-order valence-corrected chi connectivity index (χ0v) is 11.7. The highest BCUT2D eigenvalue weighted by atomic mass is 14.8. The third-order valence-electron chi connectivity index (χ3n) is 5.15. The minimum atomic E-state index is -0.117. The summed E-state index contributed by atoms with van der Waals surface area (Å²) in [6.07, 6.45) is 7.37. The smallest absolute Gasteiger partial charge is 0.0485 e. The van der Waals surface area contributed by atoms with E-state index in [1.807, 2.05) is 12.3 Å². The molecule has 0 fully saturated rings. The van der Waals surface area contributed by atoms with E-state index in [0.717, 1.165) is 32.1 Å². The summed E-state index contributed by atoms with van der Waals surface area (Å²) in [5.41, 5.74) is 12.3. The van der Waals surface area contributed by atoms with E-state index in [1.165, 1.54) is 22.4 Å². The van der Waals surface area contributed by atoms with Gasteiger partial charge in [-0.05, 0) is 54.9 Å². The number of nitrogens with two attached hydrogens (primary N) is 1. The molecule has 2 heteroatoms. The van der Waals surface area contributed by atoms with Gasteiger partial charge in [-0.25, -0.2) is 0 Å². The second kappa shape index (κ2) is 4.42. The molecule has 2 aliphatic carbocycles. The predicted octanol–water partition coefficient (Wildman–Crippen LogP) is 3.00. The molecule has 0 radical (unpaired) electrons.